The van der Waals surface area contributed by atoms with Gasteiger partial charge in [-0.05, 0) is 20.3 Å². The van der Waals surface area contributed by atoms with Gasteiger partial charge in [0.1, 0.15) is 13.2 Å². The number of carbonyl (C=O) groups is 1. The summed E-state index contributed by atoms with van der Waals surface area (Å²) in [6, 6.07) is 2.02. The molecule has 0 N–H and O–H groups in total. The van der Waals surface area contributed by atoms with Crippen LogP contribution < -0.4 is 0 Å². The Morgan fingerprint density at radius 2 is 2.21 bits per heavy atom. The van der Waals surface area contributed by atoms with E-state index < -0.39 is 0 Å². The van der Waals surface area contributed by atoms with Gasteiger partial charge in [0.05, 0.1) is 6.07 Å². The summed E-state index contributed by atoms with van der Waals surface area (Å²) in [6.07, 6.45) is 0.896. The summed E-state index contributed by atoms with van der Waals surface area (Å²) in [5, 5.41) is 8.52. The van der Waals surface area contributed by atoms with Crippen molar-refractivity contribution in [2.45, 2.75) is 33.2 Å². The second-order valence-corrected chi connectivity index (χ2v) is 3.33. The number of amides is 1. The Balaban J connectivity index is 3.97. The number of carbonyl (C=O) groups excluding carboxylic acids is 1. The first kappa shape index (κ1) is 12.9. The molecule has 0 unspecified atom stereocenters. The molecular formula is C10H18N2O2. The molecule has 0 aromatic heterocycles. The van der Waals surface area contributed by atoms with Gasteiger partial charge >= 0.3 is 0 Å². The first-order valence-corrected chi connectivity index (χ1v) is 4.87. The molecule has 0 radical (unpaired) electrons. The SMILES string of the molecule is CCCOCC(=O)N(CC#N)C(C)C. The third-order valence-electron chi connectivity index (χ3n) is 1.76. The molecule has 0 aliphatic carbocycles. The Morgan fingerprint density at radius 3 is 2.64 bits per heavy atom. The molecule has 0 heterocycles. The molecule has 4 heteroatoms. The molecule has 0 fully saturated rings. The van der Waals surface area contributed by atoms with Gasteiger partial charge in [0.25, 0.3) is 0 Å². The van der Waals surface area contributed by atoms with E-state index in [4.69, 9.17) is 10.00 Å². The van der Waals surface area contributed by atoms with E-state index in [0.29, 0.717) is 6.61 Å². The van der Waals surface area contributed by atoms with Crippen LogP contribution in [-0.4, -0.2) is 36.6 Å². The van der Waals surface area contributed by atoms with Crippen LogP contribution in [0.15, 0.2) is 0 Å². The number of hydrogen-bond donors (Lipinski definition) is 0. The monoisotopic (exact) mass is 198 g/mol. The number of rotatable bonds is 6. The van der Waals surface area contributed by atoms with Gasteiger partial charge < -0.3 is 9.64 Å². The van der Waals surface area contributed by atoms with E-state index >= 15 is 0 Å². The fraction of sp³-hybridized carbons (Fsp3) is 0.800. The van der Waals surface area contributed by atoms with Crippen molar-refractivity contribution in [1.29, 1.82) is 5.26 Å². The minimum absolute atomic E-state index is 0.0485. The lowest BCUT2D eigenvalue weighted by Gasteiger charge is -2.23. The highest BCUT2D eigenvalue weighted by Gasteiger charge is 2.15. The molecule has 0 bridgehead atoms. The average molecular weight is 198 g/mol. The smallest absolute Gasteiger partial charge is 0.249 e. The van der Waals surface area contributed by atoms with Crippen LogP contribution in [0.1, 0.15) is 27.2 Å². The molecule has 0 rings (SSSR count). The summed E-state index contributed by atoms with van der Waals surface area (Å²) < 4.78 is 5.12. The minimum atomic E-state index is -0.116. The van der Waals surface area contributed by atoms with Crippen LogP contribution in [0.3, 0.4) is 0 Å². The molecule has 0 atom stereocenters. The van der Waals surface area contributed by atoms with Crippen molar-refractivity contribution in [2.24, 2.45) is 0 Å². The molecule has 0 aliphatic rings. The third kappa shape index (κ3) is 4.83. The van der Waals surface area contributed by atoms with Gasteiger partial charge in [0, 0.05) is 12.6 Å². The summed E-state index contributed by atoms with van der Waals surface area (Å²) >= 11 is 0. The molecular weight excluding hydrogens is 180 g/mol. The van der Waals surface area contributed by atoms with Crippen LogP contribution in [0.4, 0.5) is 0 Å². The van der Waals surface area contributed by atoms with Crippen molar-refractivity contribution in [3.63, 3.8) is 0 Å². The number of nitriles is 1. The second kappa shape index (κ2) is 7.34. The van der Waals surface area contributed by atoms with Gasteiger partial charge in [-0.2, -0.15) is 5.26 Å². The summed E-state index contributed by atoms with van der Waals surface area (Å²) in [6.45, 7) is 6.55. The van der Waals surface area contributed by atoms with Crippen molar-refractivity contribution in [2.75, 3.05) is 19.8 Å². The zero-order valence-electron chi connectivity index (χ0n) is 9.12. The predicted molar refractivity (Wildman–Crippen MR) is 53.6 cm³/mol. The van der Waals surface area contributed by atoms with Crippen LogP contribution in [0, 0.1) is 11.3 Å². The van der Waals surface area contributed by atoms with Crippen LogP contribution in [-0.2, 0) is 9.53 Å². The highest BCUT2D eigenvalue weighted by Crippen LogP contribution is 1.98. The molecule has 1 amide bonds. The maximum absolute atomic E-state index is 11.5. The highest BCUT2D eigenvalue weighted by atomic mass is 16.5. The van der Waals surface area contributed by atoms with Crippen LogP contribution in [0.25, 0.3) is 0 Å². The van der Waals surface area contributed by atoms with Crippen molar-refractivity contribution < 1.29 is 9.53 Å². The second-order valence-electron chi connectivity index (χ2n) is 3.33. The molecule has 14 heavy (non-hydrogen) atoms. The zero-order valence-corrected chi connectivity index (χ0v) is 9.12. The number of nitrogens with zero attached hydrogens (tertiary/aromatic N) is 2. The molecule has 0 aromatic rings. The quantitative estimate of drug-likeness (QED) is 0.475. The number of ether oxygens (including phenoxy) is 1. The molecule has 0 aliphatic heterocycles. The minimum Gasteiger partial charge on any atom is -0.372 e. The fourth-order valence-corrected chi connectivity index (χ4v) is 1.02. The van der Waals surface area contributed by atoms with Crippen LogP contribution in [0.5, 0.6) is 0 Å². The molecule has 80 valence electrons. The highest BCUT2D eigenvalue weighted by molar-refractivity contribution is 5.77. The molecule has 4 nitrogen and oxygen atoms in total. The Labute approximate surface area is 85.5 Å². The lowest BCUT2D eigenvalue weighted by molar-refractivity contribution is -0.137. The van der Waals surface area contributed by atoms with E-state index in [1.165, 1.54) is 4.90 Å². The maximum Gasteiger partial charge on any atom is 0.249 e. The van der Waals surface area contributed by atoms with E-state index in [1.807, 2.05) is 26.8 Å². The van der Waals surface area contributed by atoms with Crippen LogP contribution >= 0.6 is 0 Å². The van der Waals surface area contributed by atoms with Crippen molar-refractivity contribution in [1.82, 2.24) is 4.90 Å². The van der Waals surface area contributed by atoms with Gasteiger partial charge in [-0.1, -0.05) is 6.92 Å². The Bertz CT molecular complexity index is 209. The maximum atomic E-state index is 11.5. The Kier molecular flexibility index (Phi) is 6.77. The van der Waals surface area contributed by atoms with E-state index in [-0.39, 0.29) is 25.1 Å². The van der Waals surface area contributed by atoms with Gasteiger partial charge in [-0.3, -0.25) is 4.79 Å². The van der Waals surface area contributed by atoms with E-state index in [9.17, 15) is 4.79 Å². The summed E-state index contributed by atoms with van der Waals surface area (Å²) in [5.74, 6) is -0.116. The Hall–Kier alpha value is -1.08. The zero-order chi connectivity index (χ0) is 11.0. The van der Waals surface area contributed by atoms with Crippen molar-refractivity contribution in [3.8, 4) is 6.07 Å². The average Bonchev–Trinajstić information content (AvgIpc) is 2.13. The molecule has 0 saturated carbocycles. The molecule has 0 aromatic carbocycles. The Morgan fingerprint density at radius 1 is 1.57 bits per heavy atom. The van der Waals surface area contributed by atoms with Gasteiger partial charge in [-0.15, -0.1) is 0 Å². The van der Waals surface area contributed by atoms with E-state index in [0.717, 1.165) is 6.42 Å². The lowest BCUT2D eigenvalue weighted by atomic mass is 10.3. The predicted octanol–water partition coefficient (Wildman–Crippen LogP) is 1.17. The van der Waals surface area contributed by atoms with Gasteiger partial charge in [0.15, 0.2) is 0 Å². The first-order valence-electron chi connectivity index (χ1n) is 4.87. The topological polar surface area (TPSA) is 53.3 Å². The van der Waals surface area contributed by atoms with Gasteiger partial charge in [0.2, 0.25) is 5.91 Å². The normalized spacial score (nSPS) is 9.93. The van der Waals surface area contributed by atoms with Gasteiger partial charge in [-0.25, -0.2) is 0 Å². The van der Waals surface area contributed by atoms with E-state index in [2.05, 4.69) is 0 Å². The largest absolute Gasteiger partial charge is 0.372 e. The summed E-state index contributed by atoms with van der Waals surface area (Å²) in [4.78, 5) is 13.0. The van der Waals surface area contributed by atoms with Crippen molar-refractivity contribution >= 4 is 5.91 Å². The van der Waals surface area contributed by atoms with E-state index in [1.54, 1.807) is 0 Å². The summed E-state index contributed by atoms with van der Waals surface area (Å²) in [7, 11) is 0. The standard InChI is InChI=1S/C10H18N2O2/c1-4-7-14-8-10(13)12(6-5-11)9(2)3/h9H,4,6-8H2,1-3H3. The molecule has 0 spiro atoms. The lowest BCUT2D eigenvalue weighted by Crippen LogP contribution is -2.39. The number of hydrogen-bond acceptors (Lipinski definition) is 3. The summed E-state index contributed by atoms with van der Waals surface area (Å²) in [5.41, 5.74) is 0. The first-order chi connectivity index (χ1) is 6.63. The molecule has 0 saturated heterocycles. The third-order valence-corrected chi connectivity index (χ3v) is 1.76. The fourth-order valence-electron chi connectivity index (χ4n) is 1.02. The van der Waals surface area contributed by atoms with Crippen molar-refractivity contribution in [3.05, 3.63) is 0 Å². The van der Waals surface area contributed by atoms with Crippen LogP contribution in [0.2, 0.25) is 0 Å².